The largest absolute Gasteiger partial charge is 0.354 e. The molecule has 0 aliphatic carbocycles. The first-order valence-corrected chi connectivity index (χ1v) is 7.69. The zero-order valence-electron chi connectivity index (χ0n) is 12.6. The van der Waals surface area contributed by atoms with E-state index in [-0.39, 0.29) is 11.8 Å². The van der Waals surface area contributed by atoms with Crippen LogP contribution in [0.3, 0.4) is 0 Å². The van der Waals surface area contributed by atoms with Gasteiger partial charge in [-0.2, -0.15) is 11.3 Å². The summed E-state index contributed by atoms with van der Waals surface area (Å²) in [6.07, 6.45) is 0. The Morgan fingerprint density at radius 2 is 2.10 bits per heavy atom. The lowest BCUT2D eigenvalue weighted by atomic mass is 10.2. The highest BCUT2D eigenvalue weighted by molar-refractivity contribution is 7.07. The number of guanidine groups is 1. The fourth-order valence-corrected chi connectivity index (χ4v) is 2.34. The lowest BCUT2D eigenvalue weighted by Crippen LogP contribution is -2.42. The molecule has 1 rings (SSSR count). The molecule has 0 atom stereocenters. The molecule has 0 bridgehead atoms. The smallest absolute Gasteiger partial charge is 0.222 e. The normalized spacial score (nSPS) is 11.6. The van der Waals surface area contributed by atoms with Gasteiger partial charge in [0.15, 0.2) is 5.96 Å². The lowest BCUT2D eigenvalue weighted by molar-refractivity contribution is -0.123. The predicted octanol–water partition coefficient (Wildman–Crippen LogP) is 1.53. The van der Waals surface area contributed by atoms with Gasteiger partial charge in [-0.15, -0.1) is 0 Å². The molecule has 0 radical (unpaired) electrons. The van der Waals surface area contributed by atoms with Crippen molar-refractivity contribution in [2.75, 3.05) is 27.2 Å². The van der Waals surface area contributed by atoms with Crippen LogP contribution in [0.2, 0.25) is 0 Å². The first kappa shape index (κ1) is 16.5. The molecule has 0 fully saturated rings. The average Bonchev–Trinajstić information content (AvgIpc) is 2.91. The van der Waals surface area contributed by atoms with Crippen molar-refractivity contribution >= 4 is 23.2 Å². The van der Waals surface area contributed by atoms with E-state index in [4.69, 9.17) is 0 Å². The number of hydrogen-bond acceptors (Lipinski definition) is 3. The van der Waals surface area contributed by atoms with Crippen LogP contribution in [-0.2, 0) is 11.3 Å². The van der Waals surface area contributed by atoms with Crippen LogP contribution in [0.15, 0.2) is 21.8 Å². The van der Waals surface area contributed by atoms with Crippen molar-refractivity contribution in [1.29, 1.82) is 0 Å². The fraction of sp³-hybridized carbons (Fsp3) is 0.571. The molecule has 0 spiro atoms. The minimum atomic E-state index is 0.0237. The molecule has 6 heteroatoms. The molecule has 0 aliphatic heterocycles. The summed E-state index contributed by atoms with van der Waals surface area (Å²) in [5, 5.41) is 10.3. The molecule has 112 valence electrons. The molecule has 1 aromatic rings. The minimum absolute atomic E-state index is 0.0237. The van der Waals surface area contributed by atoms with E-state index in [1.165, 1.54) is 5.56 Å². The van der Waals surface area contributed by atoms with Crippen molar-refractivity contribution in [2.24, 2.45) is 10.9 Å². The Balaban J connectivity index is 2.31. The number of carbonyl (C=O) groups excluding carboxylic acids is 1. The molecule has 20 heavy (non-hydrogen) atoms. The number of nitrogens with zero attached hydrogens (tertiary/aromatic N) is 2. The van der Waals surface area contributed by atoms with Crippen molar-refractivity contribution in [2.45, 2.75) is 20.4 Å². The van der Waals surface area contributed by atoms with E-state index < -0.39 is 0 Å². The van der Waals surface area contributed by atoms with Gasteiger partial charge in [0.25, 0.3) is 0 Å². The van der Waals surface area contributed by atoms with E-state index >= 15 is 0 Å². The number of amides is 1. The summed E-state index contributed by atoms with van der Waals surface area (Å²) in [6, 6.07) is 2.11. The number of hydrogen-bond donors (Lipinski definition) is 2. The quantitative estimate of drug-likeness (QED) is 0.475. The van der Waals surface area contributed by atoms with Gasteiger partial charge in [-0.1, -0.05) is 13.8 Å². The van der Waals surface area contributed by atoms with Gasteiger partial charge in [0.1, 0.15) is 0 Å². The van der Waals surface area contributed by atoms with Gasteiger partial charge in [0.05, 0.1) is 0 Å². The topological polar surface area (TPSA) is 56.7 Å². The molecule has 5 nitrogen and oxygen atoms in total. The number of rotatable bonds is 6. The van der Waals surface area contributed by atoms with E-state index in [1.807, 2.05) is 20.9 Å². The second-order valence-electron chi connectivity index (χ2n) is 4.91. The highest BCUT2D eigenvalue weighted by Gasteiger charge is 2.08. The van der Waals surface area contributed by atoms with Gasteiger partial charge < -0.3 is 15.5 Å². The summed E-state index contributed by atoms with van der Waals surface area (Å²) in [5.41, 5.74) is 1.27. The van der Waals surface area contributed by atoms with Crippen molar-refractivity contribution in [3.05, 3.63) is 22.4 Å². The summed E-state index contributed by atoms with van der Waals surface area (Å²) >= 11 is 1.69. The number of carbonyl (C=O) groups is 1. The number of nitrogens with one attached hydrogen (secondary N) is 2. The van der Waals surface area contributed by atoms with Crippen LogP contribution in [0, 0.1) is 5.92 Å². The zero-order valence-corrected chi connectivity index (χ0v) is 13.5. The first-order chi connectivity index (χ1) is 9.54. The van der Waals surface area contributed by atoms with Crippen LogP contribution >= 0.6 is 11.3 Å². The van der Waals surface area contributed by atoms with E-state index in [2.05, 4.69) is 37.4 Å². The van der Waals surface area contributed by atoms with E-state index in [1.54, 1.807) is 18.4 Å². The van der Waals surface area contributed by atoms with Crippen LogP contribution in [-0.4, -0.2) is 44.0 Å². The Kier molecular flexibility index (Phi) is 7.08. The van der Waals surface area contributed by atoms with Gasteiger partial charge >= 0.3 is 0 Å². The molecule has 0 aromatic carbocycles. The molecule has 1 amide bonds. The third kappa shape index (κ3) is 5.61. The SMILES string of the molecule is CN=C(NCCNC(=O)C(C)C)N(C)Cc1ccsc1. The van der Waals surface area contributed by atoms with E-state index in [0.717, 1.165) is 12.5 Å². The summed E-state index contributed by atoms with van der Waals surface area (Å²) in [7, 11) is 3.76. The van der Waals surface area contributed by atoms with E-state index in [0.29, 0.717) is 13.1 Å². The van der Waals surface area contributed by atoms with Crippen LogP contribution in [0.5, 0.6) is 0 Å². The monoisotopic (exact) mass is 296 g/mol. The van der Waals surface area contributed by atoms with Crippen LogP contribution in [0.4, 0.5) is 0 Å². The Labute approximate surface area is 125 Å². The second kappa shape index (κ2) is 8.58. The van der Waals surface area contributed by atoms with Crippen molar-refractivity contribution in [3.8, 4) is 0 Å². The van der Waals surface area contributed by atoms with Crippen LogP contribution in [0.1, 0.15) is 19.4 Å². The molecule has 0 saturated carbocycles. The van der Waals surface area contributed by atoms with Gasteiger partial charge in [-0.05, 0) is 22.4 Å². The van der Waals surface area contributed by atoms with Gasteiger partial charge in [-0.3, -0.25) is 9.79 Å². The maximum absolute atomic E-state index is 11.4. The van der Waals surface area contributed by atoms with Crippen LogP contribution in [0.25, 0.3) is 0 Å². The van der Waals surface area contributed by atoms with Crippen molar-refractivity contribution < 1.29 is 4.79 Å². The fourth-order valence-electron chi connectivity index (χ4n) is 1.68. The number of thiophene rings is 1. The standard InChI is InChI=1S/C14H24N4OS/c1-11(2)13(19)16-6-7-17-14(15-3)18(4)9-12-5-8-20-10-12/h5,8,10-11H,6-7,9H2,1-4H3,(H,15,17)(H,16,19). The zero-order chi connectivity index (χ0) is 15.0. The van der Waals surface area contributed by atoms with Crippen molar-refractivity contribution in [3.63, 3.8) is 0 Å². The molecular formula is C14H24N4OS. The minimum Gasteiger partial charge on any atom is -0.354 e. The Hall–Kier alpha value is -1.56. The lowest BCUT2D eigenvalue weighted by Gasteiger charge is -2.21. The third-order valence-electron chi connectivity index (χ3n) is 2.80. The highest BCUT2D eigenvalue weighted by Crippen LogP contribution is 2.08. The molecule has 2 N–H and O–H groups in total. The molecule has 1 heterocycles. The molecule has 0 aliphatic rings. The Morgan fingerprint density at radius 1 is 1.40 bits per heavy atom. The second-order valence-corrected chi connectivity index (χ2v) is 5.69. The van der Waals surface area contributed by atoms with E-state index in [9.17, 15) is 4.79 Å². The first-order valence-electron chi connectivity index (χ1n) is 6.75. The predicted molar refractivity (Wildman–Crippen MR) is 85.0 cm³/mol. The van der Waals surface area contributed by atoms with Gasteiger partial charge in [-0.25, -0.2) is 0 Å². The summed E-state index contributed by atoms with van der Waals surface area (Å²) in [5.74, 6) is 0.930. The van der Waals surface area contributed by atoms with Crippen molar-refractivity contribution in [1.82, 2.24) is 15.5 Å². The summed E-state index contributed by atoms with van der Waals surface area (Å²) < 4.78 is 0. The average molecular weight is 296 g/mol. The maximum atomic E-state index is 11.4. The summed E-state index contributed by atoms with van der Waals surface area (Å²) in [6.45, 7) is 5.86. The molecule has 0 saturated heterocycles. The molecule has 0 unspecified atom stereocenters. The molecular weight excluding hydrogens is 272 g/mol. The third-order valence-corrected chi connectivity index (χ3v) is 3.54. The highest BCUT2D eigenvalue weighted by atomic mass is 32.1. The summed E-state index contributed by atoms with van der Waals surface area (Å²) in [4.78, 5) is 17.7. The van der Waals surface area contributed by atoms with Crippen LogP contribution < -0.4 is 10.6 Å². The Bertz CT molecular complexity index is 428. The Morgan fingerprint density at radius 3 is 2.65 bits per heavy atom. The maximum Gasteiger partial charge on any atom is 0.222 e. The van der Waals surface area contributed by atoms with Gasteiger partial charge in [0, 0.05) is 39.6 Å². The molecule has 1 aromatic heterocycles. The number of aliphatic imine (C=N–C) groups is 1. The van der Waals surface area contributed by atoms with Gasteiger partial charge in [0.2, 0.25) is 5.91 Å².